The fourth-order valence-electron chi connectivity index (χ4n) is 3.79. The van der Waals surface area contributed by atoms with Gasteiger partial charge in [-0.1, -0.05) is 30.7 Å². The number of urea groups is 1. The number of rotatable bonds is 3. The zero-order chi connectivity index (χ0) is 18.0. The van der Waals surface area contributed by atoms with E-state index in [1.54, 1.807) is 4.90 Å². The van der Waals surface area contributed by atoms with Gasteiger partial charge in [0.05, 0.1) is 0 Å². The van der Waals surface area contributed by atoms with E-state index in [-0.39, 0.29) is 23.3 Å². The predicted molar refractivity (Wildman–Crippen MR) is 98.8 cm³/mol. The molecule has 3 rings (SSSR count). The molecule has 2 saturated heterocycles. The summed E-state index contributed by atoms with van der Waals surface area (Å²) >= 11 is 6.13. The molecule has 1 aromatic rings. The van der Waals surface area contributed by atoms with Crippen LogP contribution in [0, 0.1) is 5.92 Å². The van der Waals surface area contributed by atoms with Gasteiger partial charge >= 0.3 is 6.03 Å². The lowest BCUT2D eigenvalue weighted by Gasteiger charge is -2.40. The molecule has 0 bridgehead atoms. The molecule has 1 N–H and O–H groups in total. The third kappa shape index (κ3) is 4.09. The number of amides is 3. The second kappa shape index (κ2) is 7.24. The van der Waals surface area contributed by atoms with Gasteiger partial charge in [-0.05, 0) is 36.0 Å². The molecular formula is C19H26ClN3O2. The highest BCUT2D eigenvalue weighted by atomic mass is 35.5. The fraction of sp³-hybridized carbons (Fsp3) is 0.579. The van der Waals surface area contributed by atoms with Gasteiger partial charge in [0, 0.05) is 50.6 Å². The smallest absolute Gasteiger partial charge is 0.317 e. The van der Waals surface area contributed by atoms with Crippen molar-refractivity contribution in [1.82, 2.24) is 15.1 Å². The van der Waals surface area contributed by atoms with Crippen LogP contribution in [0.3, 0.4) is 0 Å². The highest BCUT2D eigenvalue weighted by Crippen LogP contribution is 2.36. The van der Waals surface area contributed by atoms with Crippen molar-refractivity contribution in [2.45, 2.75) is 31.6 Å². The van der Waals surface area contributed by atoms with Crippen LogP contribution in [0.2, 0.25) is 5.02 Å². The van der Waals surface area contributed by atoms with E-state index >= 15 is 0 Å². The number of halogens is 1. The van der Waals surface area contributed by atoms with Crippen LogP contribution in [0.5, 0.6) is 0 Å². The van der Waals surface area contributed by atoms with E-state index in [4.69, 9.17) is 11.6 Å². The number of likely N-dealkylation sites (tertiary alicyclic amines) is 2. The van der Waals surface area contributed by atoms with Crippen molar-refractivity contribution in [3.05, 3.63) is 34.9 Å². The van der Waals surface area contributed by atoms with E-state index in [0.29, 0.717) is 13.0 Å². The van der Waals surface area contributed by atoms with Crippen molar-refractivity contribution in [2.75, 3.05) is 33.2 Å². The number of carbonyl (C=O) groups is 2. The first kappa shape index (κ1) is 18.1. The fourth-order valence-corrected chi connectivity index (χ4v) is 3.98. The monoisotopic (exact) mass is 363 g/mol. The Bertz CT molecular complexity index is 656. The molecule has 0 radical (unpaired) electrons. The average molecular weight is 364 g/mol. The van der Waals surface area contributed by atoms with Crippen LogP contribution in [0.15, 0.2) is 24.3 Å². The Labute approximate surface area is 154 Å². The second-order valence-electron chi connectivity index (χ2n) is 7.59. The summed E-state index contributed by atoms with van der Waals surface area (Å²) in [5.74, 6) is 0.387. The maximum atomic E-state index is 12.4. The molecule has 1 atom stereocenters. The molecule has 0 aliphatic carbocycles. The van der Waals surface area contributed by atoms with E-state index in [9.17, 15) is 9.59 Å². The lowest BCUT2D eigenvalue weighted by atomic mass is 9.74. The molecule has 0 saturated carbocycles. The van der Waals surface area contributed by atoms with Crippen LogP contribution in [0.25, 0.3) is 0 Å². The summed E-state index contributed by atoms with van der Waals surface area (Å²) < 4.78 is 0. The van der Waals surface area contributed by atoms with E-state index in [2.05, 4.69) is 18.3 Å². The van der Waals surface area contributed by atoms with Crippen molar-refractivity contribution in [1.29, 1.82) is 0 Å². The van der Waals surface area contributed by atoms with Crippen molar-refractivity contribution in [3.8, 4) is 0 Å². The third-order valence-electron chi connectivity index (χ3n) is 5.64. The van der Waals surface area contributed by atoms with Gasteiger partial charge in [0.25, 0.3) is 0 Å². The average Bonchev–Trinajstić information content (AvgIpc) is 2.91. The quantitative estimate of drug-likeness (QED) is 0.897. The molecule has 0 aromatic heterocycles. The van der Waals surface area contributed by atoms with Gasteiger partial charge in [-0.25, -0.2) is 4.79 Å². The Hall–Kier alpha value is -1.75. The molecule has 25 heavy (non-hydrogen) atoms. The molecule has 0 spiro atoms. The Kier molecular flexibility index (Phi) is 5.23. The molecule has 5 nitrogen and oxygen atoms in total. The number of carbonyl (C=O) groups excluding carboxylic acids is 2. The molecule has 2 aliphatic rings. The Morgan fingerprint density at radius 1 is 1.36 bits per heavy atom. The first-order valence-corrected chi connectivity index (χ1v) is 9.28. The van der Waals surface area contributed by atoms with Gasteiger partial charge in [-0.15, -0.1) is 0 Å². The zero-order valence-electron chi connectivity index (χ0n) is 14.9. The van der Waals surface area contributed by atoms with Gasteiger partial charge in [-0.3, -0.25) is 4.79 Å². The van der Waals surface area contributed by atoms with E-state index in [1.807, 2.05) is 30.1 Å². The molecule has 2 fully saturated rings. The lowest BCUT2D eigenvalue weighted by Crippen LogP contribution is -2.48. The van der Waals surface area contributed by atoms with Gasteiger partial charge in [-0.2, -0.15) is 0 Å². The maximum Gasteiger partial charge on any atom is 0.317 e. The molecule has 1 unspecified atom stereocenters. The van der Waals surface area contributed by atoms with E-state index in [1.165, 1.54) is 5.56 Å². The Balaban J connectivity index is 1.50. The summed E-state index contributed by atoms with van der Waals surface area (Å²) in [6.07, 6.45) is 2.38. The summed E-state index contributed by atoms with van der Waals surface area (Å²) in [4.78, 5) is 27.6. The summed E-state index contributed by atoms with van der Waals surface area (Å²) in [6, 6.07) is 8.01. The molecule has 2 aliphatic heterocycles. The number of benzene rings is 1. The number of hydrogen-bond acceptors (Lipinski definition) is 2. The minimum Gasteiger partial charge on any atom is -0.345 e. The molecule has 2 heterocycles. The van der Waals surface area contributed by atoms with Crippen LogP contribution in [0.1, 0.15) is 31.7 Å². The highest BCUT2D eigenvalue weighted by Gasteiger charge is 2.34. The SMILES string of the molecule is CN1CC(CNC(=O)N2CCC(C)(c3cccc(Cl)c3)CC2)CC1=O. The normalized spacial score (nSPS) is 23.0. The number of piperidine rings is 1. The van der Waals surface area contributed by atoms with Crippen LogP contribution < -0.4 is 5.32 Å². The van der Waals surface area contributed by atoms with Crippen LogP contribution >= 0.6 is 11.6 Å². The van der Waals surface area contributed by atoms with Crippen LogP contribution in [0.4, 0.5) is 4.79 Å². The lowest BCUT2D eigenvalue weighted by molar-refractivity contribution is -0.126. The first-order valence-electron chi connectivity index (χ1n) is 8.90. The van der Waals surface area contributed by atoms with Gasteiger partial charge in [0.1, 0.15) is 0 Å². The maximum absolute atomic E-state index is 12.4. The van der Waals surface area contributed by atoms with Crippen molar-refractivity contribution in [2.24, 2.45) is 5.92 Å². The molecule has 6 heteroatoms. The number of nitrogens with zero attached hydrogens (tertiary/aromatic N) is 2. The van der Waals surface area contributed by atoms with Crippen LogP contribution in [-0.2, 0) is 10.2 Å². The zero-order valence-corrected chi connectivity index (χ0v) is 15.7. The number of hydrogen-bond donors (Lipinski definition) is 1. The van der Waals surface area contributed by atoms with Crippen LogP contribution in [-0.4, -0.2) is 55.0 Å². The van der Waals surface area contributed by atoms with E-state index < -0.39 is 0 Å². The van der Waals surface area contributed by atoms with Gasteiger partial charge in [0.15, 0.2) is 0 Å². The second-order valence-corrected chi connectivity index (χ2v) is 8.02. The number of nitrogens with one attached hydrogen (secondary N) is 1. The topological polar surface area (TPSA) is 52.7 Å². The Morgan fingerprint density at radius 3 is 2.68 bits per heavy atom. The van der Waals surface area contributed by atoms with Crippen molar-refractivity contribution in [3.63, 3.8) is 0 Å². The molecule has 1 aromatic carbocycles. The summed E-state index contributed by atoms with van der Waals surface area (Å²) in [7, 11) is 1.81. The minimum atomic E-state index is -0.0184. The minimum absolute atomic E-state index is 0.0184. The summed E-state index contributed by atoms with van der Waals surface area (Å²) in [5, 5.41) is 3.76. The van der Waals surface area contributed by atoms with E-state index in [0.717, 1.165) is 37.5 Å². The summed E-state index contributed by atoms with van der Waals surface area (Å²) in [5.41, 5.74) is 1.30. The van der Waals surface area contributed by atoms with Crippen molar-refractivity contribution < 1.29 is 9.59 Å². The first-order chi connectivity index (χ1) is 11.9. The Morgan fingerprint density at radius 2 is 2.08 bits per heavy atom. The standard InChI is InChI=1S/C19H26ClN3O2/c1-19(15-4-3-5-16(20)11-15)6-8-23(9-7-19)18(25)21-12-14-10-17(24)22(2)13-14/h3-5,11,14H,6-10,12-13H2,1-2H3,(H,21,25). The van der Waals surface area contributed by atoms with Crippen molar-refractivity contribution >= 4 is 23.5 Å². The summed E-state index contributed by atoms with van der Waals surface area (Å²) in [6.45, 7) is 5.01. The van der Waals surface area contributed by atoms with Gasteiger partial charge in [0.2, 0.25) is 5.91 Å². The highest BCUT2D eigenvalue weighted by molar-refractivity contribution is 6.30. The molecular weight excluding hydrogens is 338 g/mol. The predicted octanol–water partition coefficient (Wildman–Crippen LogP) is 2.88. The van der Waals surface area contributed by atoms with Gasteiger partial charge < -0.3 is 15.1 Å². The largest absolute Gasteiger partial charge is 0.345 e. The molecule has 3 amide bonds. The molecule has 136 valence electrons. The third-order valence-corrected chi connectivity index (χ3v) is 5.87.